The molecule has 4 aromatic carbocycles. The molecule has 0 heterocycles. The van der Waals surface area contributed by atoms with Gasteiger partial charge >= 0.3 is 5.97 Å². The number of aryl methyl sites for hydroxylation is 1. The predicted octanol–water partition coefficient (Wildman–Crippen LogP) is 5.63. The standard InChI is InChI=1S/C31H28N2O5/c1-4-7-22-12-16-28(29(18-22)36-3)37-20-30(34)33-32-19-26-25-9-6-5-8-23(25)15-17-27(26)38-31(35)24-13-10-21(2)11-14-24/h4-6,8-19H,1,7,20H2,2-3H3,(H,33,34)/b32-19+. The van der Waals surface area contributed by atoms with Gasteiger partial charge in [0.25, 0.3) is 5.91 Å². The Balaban J connectivity index is 1.47. The van der Waals surface area contributed by atoms with E-state index in [2.05, 4.69) is 17.1 Å². The molecule has 0 fully saturated rings. The minimum atomic E-state index is -0.486. The lowest BCUT2D eigenvalue weighted by Crippen LogP contribution is -2.24. The van der Waals surface area contributed by atoms with E-state index in [-0.39, 0.29) is 6.61 Å². The van der Waals surface area contributed by atoms with Gasteiger partial charge in [0, 0.05) is 5.56 Å². The molecule has 0 saturated carbocycles. The molecule has 0 aliphatic rings. The fourth-order valence-corrected chi connectivity index (χ4v) is 3.82. The molecule has 0 saturated heterocycles. The number of hydrogen-bond donors (Lipinski definition) is 1. The Kier molecular flexibility index (Phi) is 8.51. The third-order valence-electron chi connectivity index (χ3n) is 5.77. The van der Waals surface area contributed by atoms with Crippen molar-refractivity contribution in [1.82, 2.24) is 5.43 Å². The molecule has 38 heavy (non-hydrogen) atoms. The molecule has 1 amide bonds. The van der Waals surface area contributed by atoms with E-state index in [1.54, 1.807) is 30.3 Å². The van der Waals surface area contributed by atoms with Gasteiger partial charge in [-0.25, -0.2) is 10.2 Å². The van der Waals surface area contributed by atoms with Crippen molar-refractivity contribution < 1.29 is 23.8 Å². The topological polar surface area (TPSA) is 86.2 Å². The van der Waals surface area contributed by atoms with E-state index in [0.29, 0.717) is 34.8 Å². The van der Waals surface area contributed by atoms with Gasteiger partial charge in [0.05, 0.1) is 18.9 Å². The van der Waals surface area contributed by atoms with Crippen LogP contribution in [0.25, 0.3) is 10.8 Å². The molecule has 7 nitrogen and oxygen atoms in total. The van der Waals surface area contributed by atoms with Gasteiger partial charge in [0.1, 0.15) is 5.75 Å². The summed E-state index contributed by atoms with van der Waals surface area (Å²) in [7, 11) is 1.54. The number of benzene rings is 4. The molecule has 0 unspecified atom stereocenters. The second-order valence-corrected chi connectivity index (χ2v) is 8.51. The Morgan fingerprint density at radius 1 is 0.947 bits per heavy atom. The first kappa shape index (κ1) is 26.2. The van der Waals surface area contributed by atoms with E-state index in [1.807, 2.05) is 61.5 Å². The zero-order valence-electron chi connectivity index (χ0n) is 21.3. The Labute approximate surface area is 221 Å². The van der Waals surface area contributed by atoms with Crippen molar-refractivity contribution in [3.05, 3.63) is 114 Å². The highest BCUT2D eigenvalue weighted by molar-refractivity contribution is 6.04. The van der Waals surface area contributed by atoms with Gasteiger partial charge in [-0.2, -0.15) is 5.10 Å². The lowest BCUT2D eigenvalue weighted by atomic mass is 10.0. The van der Waals surface area contributed by atoms with Crippen LogP contribution < -0.4 is 19.6 Å². The number of allylic oxidation sites excluding steroid dienone is 1. The van der Waals surface area contributed by atoms with Crippen LogP contribution in [0.15, 0.2) is 96.6 Å². The predicted molar refractivity (Wildman–Crippen MR) is 148 cm³/mol. The van der Waals surface area contributed by atoms with Gasteiger partial charge < -0.3 is 14.2 Å². The number of nitrogens with one attached hydrogen (secondary N) is 1. The van der Waals surface area contributed by atoms with Gasteiger partial charge in [-0.15, -0.1) is 6.58 Å². The first-order valence-electron chi connectivity index (χ1n) is 12.0. The molecule has 192 valence electrons. The number of esters is 1. The van der Waals surface area contributed by atoms with Crippen LogP contribution in [-0.2, 0) is 11.2 Å². The molecule has 0 aromatic heterocycles. The fraction of sp³-hybridized carbons (Fsp3) is 0.129. The second kappa shape index (κ2) is 12.4. The number of rotatable bonds is 10. The molecule has 0 atom stereocenters. The van der Waals surface area contributed by atoms with Crippen LogP contribution in [0.1, 0.15) is 27.0 Å². The average Bonchev–Trinajstić information content (AvgIpc) is 2.93. The van der Waals surface area contributed by atoms with Crippen molar-refractivity contribution in [3.8, 4) is 17.2 Å². The molecule has 0 spiro atoms. The van der Waals surface area contributed by atoms with Gasteiger partial charge in [0.2, 0.25) is 0 Å². The highest BCUT2D eigenvalue weighted by atomic mass is 16.5. The first-order chi connectivity index (χ1) is 18.5. The number of hydrazone groups is 1. The number of ether oxygens (including phenoxy) is 3. The number of nitrogens with zero attached hydrogens (tertiary/aromatic N) is 1. The number of fused-ring (bicyclic) bond motifs is 1. The summed E-state index contributed by atoms with van der Waals surface area (Å²) < 4.78 is 16.7. The van der Waals surface area contributed by atoms with Gasteiger partial charge in [0.15, 0.2) is 18.1 Å². The lowest BCUT2D eigenvalue weighted by Gasteiger charge is -2.12. The van der Waals surface area contributed by atoms with E-state index >= 15 is 0 Å². The largest absolute Gasteiger partial charge is 0.493 e. The van der Waals surface area contributed by atoms with Crippen LogP contribution in [0.4, 0.5) is 0 Å². The molecule has 0 radical (unpaired) electrons. The third-order valence-corrected chi connectivity index (χ3v) is 5.77. The van der Waals surface area contributed by atoms with E-state index < -0.39 is 11.9 Å². The summed E-state index contributed by atoms with van der Waals surface area (Å²) >= 11 is 0. The smallest absolute Gasteiger partial charge is 0.343 e. The maximum Gasteiger partial charge on any atom is 0.343 e. The maximum atomic E-state index is 12.8. The second-order valence-electron chi connectivity index (χ2n) is 8.51. The van der Waals surface area contributed by atoms with Gasteiger partial charge in [-0.05, 0) is 60.0 Å². The summed E-state index contributed by atoms with van der Waals surface area (Å²) in [5, 5.41) is 5.85. The molecule has 0 aliphatic carbocycles. The Bertz CT molecular complexity index is 1490. The number of carbonyl (C=O) groups is 2. The SMILES string of the molecule is C=CCc1ccc(OCC(=O)N/N=C/c2c(OC(=O)c3ccc(C)cc3)ccc3ccccc23)c(OC)c1. The van der Waals surface area contributed by atoms with Crippen molar-refractivity contribution in [2.24, 2.45) is 5.10 Å². The molecule has 4 rings (SSSR count). The zero-order valence-corrected chi connectivity index (χ0v) is 21.3. The Morgan fingerprint density at radius 3 is 2.47 bits per heavy atom. The summed E-state index contributed by atoms with van der Waals surface area (Å²) in [6.45, 7) is 5.42. The number of carbonyl (C=O) groups excluding carboxylic acids is 2. The normalized spacial score (nSPS) is 10.8. The molecule has 0 aliphatic heterocycles. The van der Waals surface area contributed by atoms with E-state index in [9.17, 15) is 9.59 Å². The maximum absolute atomic E-state index is 12.8. The summed E-state index contributed by atoms with van der Waals surface area (Å²) in [4.78, 5) is 25.2. The average molecular weight is 509 g/mol. The fourth-order valence-electron chi connectivity index (χ4n) is 3.82. The summed E-state index contributed by atoms with van der Waals surface area (Å²) in [6, 6.07) is 23.8. The van der Waals surface area contributed by atoms with Crippen LogP contribution in [0, 0.1) is 6.92 Å². The van der Waals surface area contributed by atoms with E-state index in [0.717, 1.165) is 21.9 Å². The van der Waals surface area contributed by atoms with Crippen LogP contribution in [0.2, 0.25) is 0 Å². The highest BCUT2D eigenvalue weighted by Gasteiger charge is 2.14. The van der Waals surface area contributed by atoms with Crippen LogP contribution in [0.3, 0.4) is 0 Å². The van der Waals surface area contributed by atoms with Crippen molar-refractivity contribution >= 4 is 28.9 Å². The van der Waals surface area contributed by atoms with Crippen molar-refractivity contribution in [2.45, 2.75) is 13.3 Å². The van der Waals surface area contributed by atoms with E-state index in [4.69, 9.17) is 14.2 Å². The molecular weight excluding hydrogens is 480 g/mol. The zero-order chi connectivity index (χ0) is 26.9. The molecule has 1 N–H and O–H groups in total. The molecule has 4 aromatic rings. The molecule has 7 heteroatoms. The summed E-state index contributed by atoms with van der Waals surface area (Å²) in [5.74, 6) is 0.348. The van der Waals surface area contributed by atoms with Crippen LogP contribution >= 0.6 is 0 Å². The number of amides is 1. The third kappa shape index (κ3) is 6.44. The van der Waals surface area contributed by atoms with Crippen LogP contribution in [0.5, 0.6) is 17.2 Å². The highest BCUT2D eigenvalue weighted by Crippen LogP contribution is 2.29. The van der Waals surface area contributed by atoms with Crippen molar-refractivity contribution in [1.29, 1.82) is 0 Å². The van der Waals surface area contributed by atoms with E-state index in [1.165, 1.54) is 13.3 Å². The van der Waals surface area contributed by atoms with Crippen molar-refractivity contribution in [2.75, 3.05) is 13.7 Å². The number of methoxy groups -OCH3 is 1. The quantitative estimate of drug-likeness (QED) is 0.0986. The summed E-state index contributed by atoms with van der Waals surface area (Å²) in [6.07, 6.45) is 3.95. The first-order valence-corrected chi connectivity index (χ1v) is 12.0. The number of hydrogen-bond acceptors (Lipinski definition) is 6. The lowest BCUT2D eigenvalue weighted by molar-refractivity contribution is -0.123. The minimum Gasteiger partial charge on any atom is -0.493 e. The Morgan fingerprint density at radius 2 is 1.71 bits per heavy atom. The summed E-state index contributed by atoms with van der Waals surface area (Å²) in [5.41, 5.74) is 5.52. The minimum absolute atomic E-state index is 0.265. The Hall–Kier alpha value is -4.91. The molecule has 0 bridgehead atoms. The van der Waals surface area contributed by atoms with Crippen LogP contribution in [-0.4, -0.2) is 31.8 Å². The molecular formula is C31H28N2O5. The monoisotopic (exact) mass is 508 g/mol. The van der Waals surface area contributed by atoms with Gasteiger partial charge in [-0.3, -0.25) is 4.79 Å². The van der Waals surface area contributed by atoms with Gasteiger partial charge in [-0.1, -0.05) is 60.2 Å². The van der Waals surface area contributed by atoms with Crippen molar-refractivity contribution in [3.63, 3.8) is 0 Å².